The molecule has 0 unspecified atom stereocenters. The van der Waals surface area contributed by atoms with Crippen LogP contribution in [0.5, 0.6) is 5.75 Å². The fraction of sp³-hybridized carbons (Fsp3) is 0.455. The van der Waals surface area contributed by atoms with E-state index in [0.717, 1.165) is 25.4 Å². The fourth-order valence-corrected chi connectivity index (χ4v) is 1.31. The molecule has 1 fully saturated rings. The van der Waals surface area contributed by atoms with Gasteiger partial charge in [-0.15, -0.1) is 0 Å². The predicted octanol–water partition coefficient (Wildman–Crippen LogP) is 0.742. The van der Waals surface area contributed by atoms with Gasteiger partial charge in [0.05, 0.1) is 0 Å². The molecule has 0 bridgehead atoms. The van der Waals surface area contributed by atoms with Gasteiger partial charge in [0.2, 0.25) is 0 Å². The first-order valence-electron chi connectivity index (χ1n) is 4.93. The average molecular weight is 193 g/mol. The van der Waals surface area contributed by atoms with Crippen molar-refractivity contribution in [3.8, 4) is 5.75 Å². The summed E-state index contributed by atoms with van der Waals surface area (Å²) >= 11 is 0. The van der Waals surface area contributed by atoms with E-state index in [9.17, 15) is 5.11 Å². The quantitative estimate of drug-likeness (QED) is 0.700. The Bertz CT molecular complexity index is 272. The van der Waals surface area contributed by atoms with Crippen LogP contribution in [0, 0.1) is 0 Å². The Morgan fingerprint density at radius 2 is 2.00 bits per heavy atom. The number of para-hydroxylation sites is 1. The van der Waals surface area contributed by atoms with Gasteiger partial charge in [0.15, 0.2) is 0 Å². The first kappa shape index (κ1) is 9.49. The zero-order valence-electron chi connectivity index (χ0n) is 8.10. The van der Waals surface area contributed by atoms with E-state index in [1.165, 1.54) is 0 Å². The smallest absolute Gasteiger partial charge is 0.119 e. The Hall–Kier alpha value is -1.06. The van der Waals surface area contributed by atoms with E-state index in [4.69, 9.17) is 4.74 Å². The molecule has 3 heteroatoms. The summed E-state index contributed by atoms with van der Waals surface area (Å²) in [5.41, 5.74) is 0. The van der Waals surface area contributed by atoms with E-state index in [0.29, 0.717) is 6.61 Å². The summed E-state index contributed by atoms with van der Waals surface area (Å²) in [5, 5.41) is 9.55. The molecule has 1 aliphatic heterocycles. The lowest BCUT2D eigenvalue weighted by Gasteiger charge is -2.12. The van der Waals surface area contributed by atoms with Crippen molar-refractivity contribution in [1.82, 2.24) is 4.90 Å². The Balaban J connectivity index is 1.70. The molecule has 0 radical (unpaired) electrons. The van der Waals surface area contributed by atoms with Crippen LogP contribution in [-0.2, 0) is 0 Å². The van der Waals surface area contributed by atoms with Gasteiger partial charge in [-0.05, 0) is 12.1 Å². The van der Waals surface area contributed by atoms with Crippen LogP contribution in [0.2, 0.25) is 0 Å². The molecule has 0 spiro atoms. The maximum absolute atomic E-state index is 9.55. The van der Waals surface area contributed by atoms with Crippen molar-refractivity contribution in [3.05, 3.63) is 30.3 Å². The monoisotopic (exact) mass is 193 g/mol. The largest absolute Gasteiger partial charge is 0.491 e. The van der Waals surface area contributed by atoms with Gasteiger partial charge in [0.25, 0.3) is 0 Å². The molecule has 0 aliphatic carbocycles. The molecule has 1 N–H and O–H groups in total. The van der Waals surface area contributed by atoms with Gasteiger partial charge in [-0.25, -0.2) is 0 Å². The lowest BCUT2D eigenvalue weighted by atomic mass is 10.3. The van der Waals surface area contributed by atoms with Crippen LogP contribution < -0.4 is 4.74 Å². The van der Waals surface area contributed by atoms with Crippen LogP contribution in [-0.4, -0.2) is 42.4 Å². The molecule has 1 atom stereocenters. The number of hydrogen-bond donors (Lipinski definition) is 1. The second-order valence-corrected chi connectivity index (χ2v) is 3.58. The summed E-state index contributed by atoms with van der Waals surface area (Å²) in [5.74, 6) is 0.817. The molecule has 1 aliphatic rings. The average Bonchev–Trinajstić information content (AvgIpc) is 3.00. The molecule has 14 heavy (non-hydrogen) atoms. The molecule has 1 saturated heterocycles. The zero-order chi connectivity index (χ0) is 9.80. The Morgan fingerprint density at radius 1 is 1.29 bits per heavy atom. The van der Waals surface area contributed by atoms with Gasteiger partial charge in [-0.3, -0.25) is 4.90 Å². The molecule has 3 nitrogen and oxygen atoms in total. The summed E-state index contributed by atoms with van der Waals surface area (Å²) in [7, 11) is 0. The van der Waals surface area contributed by atoms with Crippen LogP contribution in [0.15, 0.2) is 30.3 Å². The molecular formula is C11H15NO2. The number of benzene rings is 1. The summed E-state index contributed by atoms with van der Waals surface area (Å²) in [6.45, 7) is 3.33. The van der Waals surface area contributed by atoms with Crippen molar-refractivity contribution in [2.45, 2.75) is 6.10 Å². The van der Waals surface area contributed by atoms with E-state index in [-0.39, 0.29) is 6.10 Å². The van der Waals surface area contributed by atoms with E-state index >= 15 is 0 Å². The number of β-amino-alcohol motifs (C(OH)–C–C–N with tert-alkyl or cyclic N) is 1. The Labute approximate surface area is 83.9 Å². The van der Waals surface area contributed by atoms with E-state index in [1.807, 2.05) is 30.3 Å². The number of nitrogens with zero attached hydrogens (tertiary/aromatic N) is 1. The lowest BCUT2D eigenvalue weighted by molar-refractivity contribution is 0.0943. The topological polar surface area (TPSA) is 32.5 Å². The molecule has 1 aromatic carbocycles. The highest BCUT2D eigenvalue weighted by Crippen LogP contribution is 2.10. The van der Waals surface area contributed by atoms with Crippen LogP contribution in [0.25, 0.3) is 0 Å². The van der Waals surface area contributed by atoms with Crippen LogP contribution in [0.3, 0.4) is 0 Å². The third-order valence-corrected chi connectivity index (χ3v) is 2.19. The number of ether oxygens (including phenoxy) is 1. The molecule has 0 amide bonds. The van der Waals surface area contributed by atoms with Crippen LogP contribution >= 0.6 is 0 Å². The van der Waals surface area contributed by atoms with Gasteiger partial charge in [0.1, 0.15) is 18.5 Å². The number of aliphatic hydroxyl groups excluding tert-OH is 1. The highest BCUT2D eigenvalue weighted by Gasteiger charge is 2.20. The van der Waals surface area contributed by atoms with Gasteiger partial charge in [0, 0.05) is 19.6 Å². The second kappa shape index (κ2) is 4.44. The molecule has 2 rings (SSSR count). The minimum absolute atomic E-state index is 0.376. The molecule has 76 valence electrons. The fourth-order valence-electron chi connectivity index (χ4n) is 1.31. The molecule has 0 aromatic heterocycles. The number of hydrogen-bond acceptors (Lipinski definition) is 3. The van der Waals surface area contributed by atoms with Crippen molar-refractivity contribution in [2.75, 3.05) is 26.2 Å². The normalized spacial score (nSPS) is 17.8. The maximum atomic E-state index is 9.55. The van der Waals surface area contributed by atoms with E-state index < -0.39 is 0 Å². The van der Waals surface area contributed by atoms with Crippen molar-refractivity contribution in [2.24, 2.45) is 0 Å². The number of aliphatic hydroxyl groups is 1. The Morgan fingerprint density at radius 3 is 2.64 bits per heavy atom. The molecule has 0 saturated carbocycles. The highest BCUT2D eigenvalue weighted by molar-refractivity contribution is 5.20. The molecule has 1 aromatic rings. The standard InChI is InChI=1S/C11H15NO2/c13-10(8-12-6-7-12)9-14-11-4-2-1-3-5-11/h1-5,10,13H,6-9H2/t10-/m0/s1. The minimum atomic E-state index is -0.377. The SMILES string of the molecule is O[C@H](COc1ccccc1)CN1CC1. The van der Waals surface area contributed by atoms with Crippen LogP contribution in [0.4, 0.5) is 0 Å². The van der Waals surface area contributed by atoms with Gasteiger partial charge in [-0.2, -0.15) is 0 Å². The highest BCUT2D eigenvalue weighted by atomic mass is 16.5. The van der Waals surface area contributed by atoms with E-state index in [2.05, 4.69) is 4.90 Å². The third-order valence-electron chi connectivity index (χ3n) is 2.19. The van der Waals surface area contributed by atoms with Crippen molar-refractivity contribution in [3.63, 3.8) is 0 Å². The van der Waals surface area contributed by atoms with Crippen molar-refractivity contribution in [1.29, 1.82) is 0 Å². The summed E-state index contributed by atoms with van der Waals surface area (Å²) in [6.07, 6.45) is -0.377. The van der Waals surface area contributed by atoms with Gasteiger partial charge in [-0.1, -0.05) is 18.2 Å². The zero-order valence-corrected chi connectivity index (χ0v) is 8.10. The predicted molar refractivity (Wildman–Crippen MR) is 54.4 cm³/mol. The van der Waals surface area contributed by atoms with Crippen LogP contribution in [0.1, 0.15) is 0 Å². The second-order valence-electron chi connectivity index (χ2n) is 3.58. The van der Waals surface area contributed by atoms with Gasteiger partial charge < -0.3 is 9.84 Å². The van der Waals surface area contributed by atoms with Crippen molar-refractivity contribution >= 4 is 0 Å². The minimum Gasteiger partial charge on any atom is -0.491 e. The molecule has 1 heterocycles. The van der Waals surface area contributed by atoms with Crippen molar-refractivity contribution < 1.29 is 9.84 Å². The maximum Gasteiger partial charge on any atom is 0.119 e. The summed E-state index contributed by atoms with van der Waals surface area (Å²) in [4.78, 5) is 2.18. The Kier molecular flexibility index (Phi) is 3.01. The first-order chi connectivity index (χ1) is 6.84. The first-order valence-corrected chi connectivity index (χ1v) is 4.93. The lowest BCUT2D eigenvalue weighted by Crippen LogP contribution is -2.25. The summed E-state index contributed by atoms with van der Waals surface area (Å²) in [6, 6.07) is 9.58. The van der Waals surface area contributed by atoms with Gasteiger partial charge >= 0.3 is 0 Å². The molecular weight excluding hydrogens is 178 g/mol. The van der Waals surface area contributed by atoms with E-state index in [1.54, 1.807) is 0 Å². The number of rotatable bonds is 5. The third kappa shape index (κ3) is 3.01. The summed E-state index contributed by atoms with van der Waals surface area (Å²) < 4.78 is 5.42.